The van der Waals surface area contributed by atoms with E-state index >= 15 is 0 Å². The molecule has 1 heterocycles. The standard InChI is InChI=1S/C30H32ClNO5.2C2H6/c1-4-5-6-10-23-11-8-12-24(32-23)20-36-26-16-14-25(15-17-26)35-19-22-9-7-13-27(31)29(22)37-28(30(33)34)18-21(2)3;2*1-2/h4-17,21,28H,18-20H2,1-3H3,(H,33,34);2*1-2H3/b5-4-,10-6-;;. The zero-order valence-electron chi connectivity index (χ0n) is 25.3. The van der Waals surface area contributed by atoms with Crippen molar-refractivity contribution < 1.29 is 24.1 Å². The molecule has 222 valence electrons. The summed E-state index contributed by atoms with van der Waals surface area (Å²) in [5.74, 6) is 0.776. The zero-order valence-corrected chi connectivity index (χ0v) is 26.0. The Kier molecular flexibility index (Phi) is 17.3. The van der Waals surface area contributed by atoms with Crippen molar-refractivity contribution in [2.75, 3.05) is 0 Å². The minimum absolute atomic E-state index is 0.156. The summed E-state index contributed by atoms with van der Waals surface area (Å²) in [6, 6.07) is 18.3. The topological polar surface area (TPSA) is 77.9 Å². The maximum atomic E-state index is 11.7. The van der Waals surface area contributed by atoms with E-state index in [1.54, 1.807) is 12.1 Å². The molecule has 3 aromatic rings. The van der Waals surface area contributed by atoms with Crippen LogP contribution in [0.5, 0.6) is 17.2 Å². The van der Waals surface area contributed by atoms with E-state index in [1.807, 2.05) is 121 Å². The summed E-state index contributed by atoms with van der Waals surface area (Å²) in [6.45, 7) is 14.4. The monoisotopic (exact) mass is 581 g/mol. The Morgan fingerprint density at radius 2 is 1.51 bits per heavy atom. The van der Waals surface area contributed by atoms with Crippen LogP contribution in [0.1, 0.15) is 71.8 Å². The second kappa shape index (κ2) is 20.2. The van der Waals surface area contributed by atoms with Gasteiger partial charge in [-0.1, -0.05) is 89.6 Å². The van der Waals surface area contributed by atoms with Gasteiger partial charge in [-0.3, -0.25) is 0 Å². The second-order valence-electron chi connectivity index (χ2n) is 8.79. The Morgan fingerprint density at radius 1 is 0.902 bits per heavy atom. The Morgan fingerprint density at radius 3 is 2.10 bits per heavy atom. The fourth-order valence-electron chi connectivity index (χ4n) is 3.46. The minimum atomic E-state index is -1.02. The van der Waals surface area contributed by atoms with E-state index in [0.29, 0.717) is 40.9 Å². The number of carboxylic acid groups (broad SMARTS) is 1. The van der Waals surface area contributed by atoms with Gasteiger partial charge in [-0.15, -0.1) is 0 Å². The molecule has 0 aliphatic rings. The molecule has 0 saturated carbocycles. The van der Waals surface area contributed by atoms with Gasteiger partial charge in [-0.25, -0.2) is 9.78 Å². The van der Waals surface area contributed by atoms with Gasteiger partial charge in [0.25, 0.3) is 0 Å². The summed E-state index contributed by atoms with van der Waals surface area (Å²) < 4.78 is 17.6. The van der Waals surface area contributed by atoms with Gasteiger partial charge in [-0.05, 0) is 67.8 Å². The fraction of sp³-hybridized carbons (Fsp3) is 0.353. The Bertz CT molecular complexity index is 1220. The first-order chi connectivity index (χ1) is 19.9. The number of ether oxygens (including phenoxy) is 3. The van der Waals surface area contributed by atoms with Crippen molar-refractivity contribution >= 4 is 23.6 Å². The van der Waals surface area contributed by atoms with Crippen LogP contribution >= 0.6 is 11.6 Å². The van der Waals surface area contributed by atoms with Gasteiger partial charge in [0.05, 0.1) is 16.4 Å². The molecule has 41 heavy (non-hydrogen) atoms. The summed E-state index contributed by atoms with van der Waals surface area (Å²) in [4.78, 5) is 16.2. The number of benzene rings is 2. The Labute approximate surface area is 250 Å². The zero-order chi connectivity index (χ0) is 30.6. The number of carboxylic acids is 1. The number of nitrogens with zero attached hydrogens (tertiary/aromatic N) is 1. The summed E-state index contributed by atoms with van der Waals surface area (Å²) in [7, 11) is 0. The fourth-order valence-corrected chi connectivity index (χ4v) is 3.69. The molecule has 1 N–H and O–H groups in total. The van der Waals surface area contributed by atoms with E-state index in [0.717, 1.165) is 11.4 Å². The highest BCUT2D eigenvalue weighted by Crippen LogP contribution is 2.32. The van der Waals surface area contributed by atoms with Crippen molar-refractivity contribution in [1.29, 1.82) is 0 Å². The molecule has 0 aliphatic heterocycles. The quantitative estimate of drug-likeness (QED) is 0.203. The SMILES string of the molecule is C/C=C\C=C/c1cccc(COc2ccc(OCc3cccc(Cl)c3OC(CC(C)C)C(=O)O)cc2)n1.CC.CC. The number of hydrogen-bond acceptors (Lipinski definition) is 5. The van der Waals surface area contributed by atoms with Gasteiger partial charge >= 0.3 is 5.97 Å². The average molecular weight is 582 g/mol. The van der Waals surface area contributed by atoms with Crippen LogP contribution in [0.4, 0.5) is 0 Å². The van der Waals surface area contributed by atoms with Crippen molar-refractivity contribution in [2.24, 2.45) is 5.92 Å². The lowest BCUT2D eigenvalue weighted by molar-refractivity contribution is -0.145. The molecule has 1 aromatic heterocycles. The number of rotatable bonds is 13. The van der Waals surface area contributed by atoms with Crippen molar-refractivity contribution in [3.8, 4) is 17.2 Å². The maximum Gasteiger partial charge on any atom is 0.344 e. The van der Waals surface area contributed by atoms with Crippen LogP contribution in [0, 0.1) is 5.92 Å². The molecular formula is C34H44ClNO5. The molecule has 0 amide bonds. The molecule has 0 aliphatic carbocycles. The predicted octanol–water partition coefficient (Wildman–Crippen LogP) is 9.41. The number of pyridine rings is 1. The van der Waals surface area contributed by atoms with E-state index < -0.39 is 12.1 Å². The first-order valence-electron chi connectivity index (χ1n) is 14.1. The van der Waals surface area contributed by atoms with E-state index in [1.165, 1.54) is 0 Å². The van der Waals surface area contributed by atoms with Gasteiger partial charge in [-0.2, -0.15) is 0 Å². The number of allylic oxidation sites excluding steroid dienone is 3. The molecule has 2 aromatic carbocycles. The van der Waals surface area contributed by atoms with Gasteiger partial charge in [0, 0.05) is 5.56 Å². The first-order valence-corrected chi connectivity index (χ1v) is 14.5. The third kappa shape index (κ3) is 13.0. The van der Waals surface area contributed by atoms with Crippen LogP contribution in [-0.2, 0) is 18.0 Å². The molecule has 1 atom stereocenters. The van der Waals surface area contributed by atoms with Gasteiger partial charge < -0.3 is 19.3 Å². The smallest absolute Gasteiger partial charge is 0.344 e. The van der Waals surface area contributed by atoms with Gasteiger partial charge in [0.1, 0.15) is 30.5 Å². The third-order valence-corrected chi connectivity index (χ3v) is 5.57. The van der Waals surface area contributed by atoms with Crippen LogP contribution in [0.25, 0.3) is 6.08 Å². The average Bonchev–Trinajstić information content (AvgIpc) is 2.98. The van der Waals surface area contributed by atoms with Crippen LogP contribution in [0.2, 0.25) is 5.02 Å². The molecule has 1 unspecified atom stereocenters. The van der Waals surface area contributed by atoms with Gasteiger partial charge in [0.2, 0.25) is 0 Å². The van der Waals surface area contributed by atoms with Crippen LogP contribution in [-0.4, -0.2) is 22.2 Å². The predicted molar refractivity (Wildman–Crippen MR) is 169 cm³/mol. The highest BCUT2D eigenvalue weighted by molar-refractivity contribution is 6.32. The number of hydrogen-bond donors (Lipinski definition) is 1. The summed E-state index contributed by atoms with van der Waals surface area (Å²) >= 11 is 6.34. The lowest BCUT2D eigenvalue weighted by Gasteiger charge is -2.20. The highest BCUT2D eigenvalue weighted by atomic mass is 35.5. The van der Waals surface area contributed by atoms with Crippen molar-refractivity contribution in [3.63, 3.8) is 0 Å². The van der Waals surface area contributed by atoms with Crippen molar-refractivity contribution in [2.45, 2.75) is 74.2 Å². The van der Waals surface area contributed by atoms with Crippen LogP contribution in [0.3, 0.4) is 0 Å². The molecule has 7 heteroatoms. The van der Waals surface area contributed by atoms with E-state index in [2.05, 4.69) is 4.98 Å². The van der Waals surface area contributed by atoms with E-state index in [9.17, 15) is 9.90 Å². The molecule has 0 bridgehead atoms. The van der Waals surface area contributed by atoms with Crippen LogP contribution < -0.4 is 14.2 Å². The van der Waals surface area contributed by atoms with Gasteiger partial charge in [0.15, 0.2) is 6.10 Å². The first kappa shape index (κ1) is 35.3. The number of carbonyl (C=O) groups is 1. The number of aromatic nitrogens is 1. The molecule has 0 spiro atoms. The summed E-state index contributed by atoms with van der Waals surface area (Å²) in [5, 5.41) is 9.89. The molecule has 0 radical (unpaired) electrons. The number of halogens is 1. The van der Waals surface area contributed by atoms with Crippen LogP contribution in [0.15, 0.2) is 78.9 Å². The lowest BCUT2D eigenvalue weighted by Crippen LogP contribution is -2.29. The minimum Gasteiger partial charge on any atom is -0.489 e. The largest absolute Gasteiger partial charge is 0.489 e. The van der Waals surface area contributed by atoms with E-state index in [4.69, 9.17) is 25.8 Å². The number of aliphatic carboxylic acids is 1. The van der Waals surface area contributed by atoms with Crippen molar-refractivity contribution in [3.05, 3.63) is 101 Å². The Hall–Kier alpha value is -3.77. The van der Waals surface area contributed by atoms with Crippen molar-refractivity contribution in [1.82, 2.24) is 4.98 Å². The maximum absolute atomic E-state index is 11.7. The lowest BCUT2D eigenvalue weighted by atomic mass is 10.1. The molecule has 3 rings (SSSR count). The second-order valence-corrected chi connectivity index (χ2v) is 9.20. The normalized spacial score (nSPS) is 11.3. The highest BCUT2D eigenvalue weighted by Gasteiger charge is 2.23. The summed E-state index contributed by atoms with van der Waals surface area (Å²) in [5.41, 5.74) is 2.36. The molecule has 6 nitrogen and oxygen atoms in total. The molecular weight excluding hydrogens is 538 g/mol. The van der Waals surface area contributed by atoms with E-state index in [-0.39, 0.29) is 12.5 Å². The molecule has 0 fully saturated rings. The Balaban J connectivity index is 0.00000201. The summed E-state index contributed by atoms with van der Waals surface area (Å²) in [6.07, 6.45) is 7.18. The number of para-hydroxylation sites is 1. The third-order valence-electron chi connectivity index (χ3n) is 5.27. The molecule has 0 saturated heterocycles.